The van der Waals surface area contributed by atoms with Crippen LogP contribution >= 0.6 is 11.6 Å². The minimum absolute atomic E-state index is 0.00500. The number of amides is 1. The van der Waals surface area contributed by atoms with Gasteiger partial charge in [-0.3, -0.25) is 29.6 Å². The van der Waals surface area contributed by atoms with Crippen LogP contribution in [0.25, 0.3) is 0 Å². The molecule has 46 heavy (non-hydrogen) atoms. The summed E-state index contributed by atoms with van der Waals surface area (Å²) >= 11 is 6.44. The van der Waals surface area contributed by atoms with Gasteiger partial charge in [0.15, 0.2) is 18.4 Å². The van der Waals surface area contributed by atoms with Crippen LogP contribution in [0.5, 0.6) is 0 Å². The van der Waals surface area contributed by atoms with E-state index < -0.39 is 53.5 Å². The number of para-hydroxylation sites is 1. The summed E-state index contributed by atoms with van der Waals surface area (Å²) in [6.45, 7) is 9.37. The van der Waals surface area contributed by atoms with E-state index >= 15 is 0 Å². The Kier molecular flexibility index (Phi) is 8.72. The minimum Gasteiger partial charge on any atom is -0.454 e. The number of rotatable bonds is 7. The Morgan fingerprint density at radius 1 is 1.17 bits per heavy atom. The SMILES string of the molecule is CC(=O)O[C@@H]1C(C)=C[C@@H]2[C@H](C(C)CN(C(C)=O)C3CC3)CC[C@@H](C)[C@]2(O)[C@H]1OC(=O)[C@@H]1C[C@@]2(O)c3cccc(Cl)c3N(C)O[C@H]2N1. The molecule has 252 valence electrons. The van der Waals surface area contributed by atoms with Crippen molar-refractivity contribution < 1.29 is 38.9 Å². The van der Waals surface area contributed by atoms with Gasteiger partial charge in [0.25, 0.3) is 0 Å². The average molecular weight is 660 g/mol. The van der Waals surface area contributed by atoms with E-state index in [1.54, 1.807) is 32.2 Å². The van der Waals surface area contributed by atoms with Crippen molar-refractivity contribution in [3.05, 3.63) is 40.4 Å². The van der Waals surface area contributed by atoms with E-state index in [0.29, 0.717) is 34.8 Å². The third-order valence-electron chi connectivity index (χ3n) is 11.1. The lowest BCUT2D eigenvalue weighted by molar-refractivity contribution is -0.225. The number of aliphatic hydroxyl groups is 2. The lowest BCUT2D eigenvalue weighted by Gasteiger charge is -2.56. The molecular weight excluding hydrogens is 614 g/mol. The van der Waals surface area contributed by atoms with Gasteiger partial charge in [-0.2, -0.15) is 0 Å². The van der Waals surface area contributed by atoms with Crippen molar-refractivity contribution in [1.29, 1.82) is 0 Å². The van der Waals surface area contributed by atoms with Gasteiger partial charge < -0.3 is 24.6 Å². The van der Waals surface area contributed by atoms with Gasteiger partial charge in [-0.15, -0.1) is 0 Å². The fourth-order valence-corrected chi connectivity index (χ4v) is 8.82. The molecule has 2 heterocycles. The molecule has 3 N–H and O–H groups in total. The van der Waals surface area contributed by atoms with Gasteiger partial charge in [-0.25, -0.2) is 0 Å². The molecule has 1 aromatic rings. The summed E-state index contributed by atoms with van der Waals surface area (Å²) in [6.07, 6.45) is 2.30. The molecule has 3 aliphatic carbocycles. The van der Waals surface area contributed by atoms with E-state index in [0.717, 1.165) is 19.3 Å². The van der Waals surface area contributed by atoms with Crippen LogP contribution in [-0.4, -0.2) is 82.7 Å². The molecule has 5 aliphatic rings. The van der Waals surface area contributed by atoms with Crippen molar-refractivity contribution in [3.8, 4) is 0 Å². The van der Waals surface area contributed by atoms with E-state index in [2.05, 4.69) is 12.2 Å². The number of esters is 2. The maximum Gasteiger partial charge on any atom is 0.323 e. The number of ether oxygens (including phenoxy) is 2. The molecule has 1 unspecified atom stereocenters. The zero-order chi connectivity index (χ0) is 33.3. The zero-order valence-electron chi connectivity index (χ0n) is 27.4. The van der Waals surface area contributed by atoms with Gasteiger partial charge in [0.2, 0.25) is 5.91 Å². The van der Waals surface area contributed by atoms with Crippen molar-refractivity contribution in [2.24, 2.45) is 23.7 Å². The summed E-state index contributed by atoms with van der Waals surface area (Å²) in [4.78, 5) is 46.7. The lowest BCUT2D eigenvalue weighted by Crippen LogP contribution is -2.66. The number of nitrogens with one attached hydrogen (secondary N) is 1. The fraction of sp³-hybridized carbons (Fsp3) is 0.676. The maximum atomic E-state index is 14.0. The van der Waals surface area contributed by atoms with Gasteiger partial charge in [0, 0.05) is 51.4 Å². The molecular formula is C34H46ClN3O8. The summed E-state index contributed by atoms with van der Waals surface area (Å²) in [5.74, 6) is -1.83. The van der Waals surface area contributed by atoms with E-state index in [1.807, 2.05) is 24.8 Å². The molecule has 1 aromatic carbocycles. The van der Waals surface area contributed by atoms with Crippen LogP contribution < -0.4 is 10.4 Å². The number of fused-ring (bicyclic) bond motifs is 4. The molecule has 1 amide bonds. The smallest absolute Gasteiger partial charge is 0.323 e. The monoisotopic (exact) mass is 659 g/mol. The van der Waals surface area contributed by atoms with E-state index in [-0.39, 0.29) is 36.1 Å². The molecule has 0 bridgehead atoms. The third-order valence-corrected chi connectivity index (χ3v) is 11.4. The number of hydroxylamine groups is 1. The topological polar surface area (TPSA) is 138 Å². The first-order valence-electron chi connectivity index (χ1n) is 16.4. The molecule has 11 nitrogen and oxygen atoms in total. The predicted molar refractivity (Wildman–Crippen MR) is 169 cm³/mol. The van der Waals surface area contributed by atoms with E-state index in [4.69, 9.17) is 25.9 Å². The number of benzene rings is 1. The van der Waals surface area contributed by atoms with Crippen LogP contribution in [0, 0.1) is 23.7 Å². The van der Waals surface area contributed by atoms with Crippen LogP contribution in [-0.2, 0) is 34.3 Å². The summed E-state index contributed by atoms with van der Waals surface area (Å²) < 4.78 is 12.0. The predicted octanol–water partition coefficient (Wildman–Crippen LogP) is 3.44. The number of hydrogen-bond acceptors (Lipinski definition) is 10. The first-order valence-corrected chi connectivity index (χ1v) is 16.8. The molecule has 6 rings (SSSR count). The molecule has 12 heteroatoms. The highest BCUT2D eigenvalue weighted by Gasteiger charge is 2.62. The maximum absolute atomic E-state index is 14.0. The van der Waals surface area contributed by atoms with Crippen molar-refractivity contribution >= 4 is 35.1 Å². The Bertz CT molecular complexity index is 1430. The van der Waals surface area contributed by atoms with Crippen LogP contribution in [0.15, 0.2) is 29.8 Å². The first-order chi connectivity index (χ1) is 21.7. The Balaban J connectivity index is 1.29. The molecule has 0 radical (unpaired) electrons. The number of hydrogen-bond donors (Lipinski definition) is 3. The number of carbonyl (C=O) groups is 3. The number of halogens is 1. The standard InChI is InChI=1S/C34H46ClN3O8/c1-17-14-25-23(18(2)16-38(20(4)39)22-11-12-22)13-10-19(3)34(25,43)30(29(17)44-21(5)40)45-31(41)27-15-33(42)24-8-7-9-26(35)28(24)37(6)46-32(33)36-27/h7-9,14,18-19,22-23,25,27,29-30,32,36,42-43H,10-13,15-16H2,1-6H3/t18?,19-,23+,25-,27+,29-,30+,32-,33-,34-/m1/s1. The lowest BCUT2D eigenvalue weighted by atomic mass is 9.55. The highest BCUT2D eigenvalue weighted by atomic mass is 35.5. The summed E-state index contributed by atoms with van der Waals surface area (Å²) in [5.41, 5.74) is -1.39. The third kappa shape index (κ3) is 5.51. The van der Waals surface area contributed by atoms with Crippen molar-refractivity contribution in [3.63, 3.8) is 0 Å². The summed E-state index contributed by atoms with van der Waals surface area (Å²) in [6, 6.07) is 4.47. The fourth-order valence-electron chi connectivity index (χ4n) is 8.53. The van der Waals surface area contributed by atoms with Gasteiger partial charge in [-0.05, 0) is 62.0 Å². The average Bonchev–Trinajstić information content (AvgIpc) is 3.76. The van der Waals surface area contributed by atoms with Gasteiger partial charge in [-0.1, -0.05) is 43.7 Å². The van der Waals surface area contributed by atoms with E-state index in [9.17, 15) is 24.6 Å². The van der Waals surface area contributed by atoms with Crippen molar-refractivity contribution in [2.75, 3.05) is 18.7 Å². The van der Waals surface area contributed by atoms with Crippen LogP contribution in [0.4, 0.5) is 5.69 Å². The molecule has 0 spiro atoms. The Morgan fingerprint density at radius 3 is 2.54 bits per heavy atom. The highest BCUT2D eigenvalue weighted by molar-refractivity contribution is 6.33. The molecule has 3 fully saturated rings. The van der Waals surface area contributed by atoms with Gasteiger partial charge in [0.1, 0.15) is 17.2 Å². The van der Waals surface area contributed by atoms with Gasteiger partial charge in [0.05, 0.1) is 10.7 Å². The Labute approximate surface area is 275 Å². The normalized spacial score (nSPS) is 37.3. The highest BCUT2D eigenvalue weighted by Crippen LogP contribution is 2.53. The Morgan fingerprint density at radius 2 is 1.89 bits per heavy atom. The van der Waals surface area contributed by atoms with Gasteiger partial charge >= 0.3 is 11.9 Å². The molecule has 10 atom stereocenters. The second-order valence-electron chi connectivity index (χ2n) is 14.2. The van der Waals surface area contributed by atoms with Crippen molar-refractivity contribution in [1.82, 2.24) is 10.2 Å². The largest absolute Gasteiger partial charge is 0.454 e. The number of anilines is 1. The minimum atomic E-state index is -1.57. The zero-order valence-corrected chi connectivity index (χ0v) is 28.1. The van der Waals surface area contributed by atoms with Crippen LogP contribution in [0.3, 0.4) is 0 Å². The first kappa shape index (κ1) is 33.2. The molecule has 0 aromatic heterocycles. The summed E-state index contributed by atoms with van der Waals surface area (Å²) in [5, 5.41) is 29.5. The number of carbonyl (C=O) groups excluding carboxylic acids is 3. The quantitative estimate of drug-likeness (QED) is 0.295. The second kappa shape index (κ2) is 12.1. The second-order valence-corrected chi connectivity index (χ2v) is 14.6. The molecule has 2 aliphatic heterocycles. The van der Waals surface area contributed by atoms with E-state index in [1.165, 1.54) is 12.0 Å². The summed E-state index contributed by atoms with van der Waals surface area (Å²) in [7, 11) is 1.68. The van der Waals surface area contributed by atoms with Crippen molar-refractivity contribution in [2.45, 2.75) is 108 Å². The molecule has 1 saturated heterocycles. The number of nitrogens with zero attached hydrogens (tertiary/aromatic N) is 2. The molecule has 2 saturated carbocycles. The van der Waals surface area contributed by atoms with Crippen LogP contribution in [0.1, 0.15) is 72.3 Å². The van der Waals surface area contributed by atoms with Crippen LogP contribution in [0.2, 0.25) is 5.02 Å². The Hall–Kier alpha value is -2.70.